The van der Waals surface area contributed by atoms with E-state index in [-0.39, 0.29) is 11.9 Å². The van der Waals surface area contributed by atoms with Crippen molar-refractivity contribution in [3.05, 3.63) is 35.0 Å². The van der Waals surface area contributed by atoms with Crippen LogP contribution in [0.1, 0.15) is 44.6 Å². The van der Waals surface area contributed by atoms with Gasteiger partial charge in [0, 0.05) is 0 Å². The van der Waals surface area contributed by atoms with Crippen molar-refractivity contribution in [2.45, 2.75) is 45.1 Å². The Morgan fingerprint density at radius 3 is 2.96 bits per heavy atom. The van der Waals surface area contributed by atoms with Gasteiger partial charge in [-0.1, -0.05) is 25.3 Å². The van der Waals surface area contributed by atoms with Gasteiger partial charge in [0.15, 0.2) is 0 Å². The van der Waals surface area contributed by atoms with Gasteiger partial charge in [0.2, 0.25) is 5.96 Å². The number of fused-ring (bicyclic) bond motifs is 1. The topological polar surface area (TPSA) is 66.4 Å². The Balaban J connectivity index is 1.50. The van der Waals surface area contributed by atoms with E-state index in [2.05, 4.69) is 28.6 Å². The molecule has 2 N–H and O–H groups in total. The van der Waals surface area contributed by atoms with Crippen molar-refractivity contribution in [1.29, 1.82) is 0 Å². The number of guanidine groups is 1. The van der Waals surface area contributed by atoms with Gasteiger partial charge in [-0.05, 0) is 49.5 Å². The summed E-state index contributed by atoms with van der Waals surface area (Å²) in [5, 5.41) is 5.99. The van der Waals surface area contributed by atoms with Crippen LogP contribution in [0.3, 0.4) is 0 Å². The fourth-order valence-corrected chi connectivity index (χ4v) is 4.34. The molecule has 0 radical (unpaired) electrons. The van der Waals surface area contributed by atoms with Crippen LogP contribution in [0.25, 0.3) is 16.3 Å². The lowest BCUT2D eigenvalue weighted by atomic mass is 9.85. The monoisotopic (exact) mass is 354 g/mol. The zero-order chi connectivity index (χ0) is 17.2. The number of nitrogens with one attached hydrogen (secondary N) is 2. The van der Waals surface area contributed by atoms with Crippen molar-refractivity contribution in [3.8, 4) is 0 Å². The molecule has 25 heavy (non-hydrogen) atoms. The fraction of sp³-hybridized carbons (Fsp3) is 0.421. The molecule has 5 nitrogen and oxygen atoms in total. The van der Waals surface area contributed by atoms with E-state index >= 15 is 0 Å². The number of hydrogen-bond acceptors (Lipinski definition) is 4. The predicted octanol–water partition coefficient (Wildman–Crippen LogP) is 3.68. The number of rotatable bonds is 3. The summed E-state index contributed by atoms with van der Waals surface area (Å²) < 4.78 is 1.12. The first kappa shape index (κ1) is 16.3. The van der Waals surface area contributed by atoms with Crippen molar-refractivity contribution >= 4 is 39.5 Å². The van der Waals surface area contributed by atoms with Crippen LogP contribution in [-0.2, 0) is 4.79 Å². The first-order valence-corrected chi connectivity index (χ1v) is 9.78. The minimum absolute atomic E-state index is 0.126. The van der Waals surface area contributed by atoms with Crippen molar-refractivity contribution in [3.63, 3.8) is 0 Å². The maximum Gasteiger partial charge on any atom is 0.274 e. The van der Waals surface area contributed by atoms with E-state index in [1.165, 1.54) is 32.1 Å². The summed E-state index contributed by atoms with van der Waals surface area (Å²) >= 11 is 1.60. The highest BCUT2D eigenvalue weighted by Crippen LogP contribution is 2.28. The maximum absolute atomic E-state index is 12.2. The molecule has 1 atom stereocenters. The lowest BCUT2D eigenvalue weighted by molar-refractivity contribution is -0.115. The molecular formula is C19H22N4OS. The van der Waals surface area contributed by atoms with E-state index in [9.17, 15) is 4.79 Å². The van der Waals surface area contributed by atoms with Crippen molar-refractivity contribution < 1.29 is 4.79 Å². The summed E-state index contributed by atoms with van der Waals surface area (Å²) in [5.74, 6) is 1.08. The van der Waals surface area contributed by atoms with Gasteiger partial charge in [-0.25, -0.2) is 9.98 Å². The number of carbonyl (C=O) groups excluding carboxylic acids is 1. The molecule has 2 fully saturated rings. The molecule has 1 amide bonds. The molecule has 4 rings (SSSR count). The average molecular weight is 354 g/mol. The second kappa shape index (κ2) is 6.96. The molecule has 0 bridgehead atoms. The number of hydrogen-bond donors (Lipinski definition) is 2. The van der Waals surface area contributed by atoms with E-state index in [1.54, 1.807) is 11.3 Å². The summed E-state index contributed by atoms with van der Waals surface area (Å²) in [7, 11) is 0. The number of benzene rings is 1. The van der Waals surface area contributed by atoms with Crippen LogP contribution in [0.5, 0.6) is 0 Å². The zero-order valence-corrected chi connectivity index (χ0v) is 15.1. The molecule has 1 aliphatic heterocycles. The minimum Gasteiger partial charge on any atom is -0.321 e. The van der Waals surface area contributed by atoms with E-state index in [1.807, 2.05) is 23.7 Å². The van der Waals surface area contributed by atoms with E-state index in [4.69, 9.17) is 4.99 Å². The molecule has 2 aliphatic rings. The molecule has 0 unspecified atom stereocenters. The molecule has 1 aromatic carbocycles. The SMILES string of the molecule is C[C@@H](N=C1NC(=O)/C(=C/c2ccc3ncsc3c2)N1)C1CCCCC1. The van der Waals surface area contributed by atoms with Gasteiger partial charge in [0.1, 0.15) is 5.70 Å². The Morgan fingerprint density at radius 2 is 2.12 bits per heavy atom. The highest BCUT2D eigenvalue weighted by molar-refractivity contribution is 7.16. The van der Waals surface area contributed by atoms with Gasteiger partial charge >= 0.3 is 0 Å². The number of amides is 1. The largest absolute Gasteiger partial charge is 0.321 e. The second-order valence-corrected chi connectivity index (χ2v) is 7.72. The minimum atomic E-state index is -0.126. The van der Waals surface area contributed by atoms with E-state index in [0.717, 1.165) is 15.8 Å². The van der Waals surface area contributed by atoms with Crippen LogP contribution in [0.2, 0.25) is 0 Å². The zero-order valence-electron chi connectivity index (χ0n) is 14.3. The Bertz CT molecular complexity index is 848. The van der Waals surface area contributed by atoms with Gasteiger partial charge in [-0.2, -0.15) is 0 Å². The standard InChI is InChI=1S/C19H22N4OS/c1-12(14-5-3-2-4-6-14)21-19-22-16(18(24)23-19)9-13-7-8-15-17(10-13)25-11-20-15/h7-12,14H,2-6H2,1H3,(H2,21,22,23,24)/b16-9-/t12-/m1/s1. The van der Waals surface area contributed by atoms with Gasteiger partial charge in [0.25, 0.3) is 5.91 Å². The number of thiazole rings is 1. The van der Waals surface area contributed by atoms with E-state index < -0.39 is 0 Å². The maximum atomic E-state index is 12.2. The fourth-order valence-electron chi connectivity index (χ4n) is 3.61. The Labute approximate surface area is 151 Å². The summed E-state index contributed by atoms with van der Waals surface area (Å²) in [6.07, 6.45) is 8.27. The summed E-state index contributed by atoms with van der Waals surface area (Å²) in [5.41, 5.74) is 4.34. The third-order valence-electron chi connectivity index (χ3n) is 5.06. The third-order valence-corrected chi connectivity index (χ3v) is 5.85. The van der Waals surface area contributed by atoms with Gasteiger partial charge in [0.05, 0.1) is 21.8 Å². The normalized spacial score (nSPS) is 23.2. The number of aromatic nitrogens is 1. The Morgan fingerprint density at radius 1 is 1.28 bits per heavy atom. The number of nitrogens with zero attached hydrogens (tertiary/aromatic N) is 2. The molecular weight excluding hydrogens is 332 g/mol. The molecule has 1 aromatic heterocycles. The molecule has 6 heteroatoms. The Kier molecular flexibility index (Phi) is 4.53. The first-order valence-electron chi connectivity index (χ1n) is 8.90. The molecule has 2 heterocycles. The van der Waals surface area contributed by atoms with Crippen LogP contribution in [0.4, 0.5) is 0 Å². The average Bonchev–Trinajstić information content (AvgIpc) is 3.22. The van der Waals surface area contributed by atoms with Crippen LogP contribution < -0.4 is 10.6 Å². The first-order chi connectivity index (χ1) is 12.2. The number of aliphatic imine (C=N–C) groups is 1. The van der Waals surface area contributed by atoms with Gasteiger partial charge in [-0.3, -0.25) is 10.1 Å². The molecule has 1 aliphatic carbocycles. The van der Waals surface area contributed by atoms with Crippen LogP contribution >= 0.6 is 11.3 Å². The van der Waals surface area contributed by atoms with Gasteiger partial charge in [-0.15, -0.1) is 11.3 Å². The highest BCUT2D eigenvalue weighted by Gasteiger charge is 2.25. The lowest BCUT2D eigenvalue weighted by Crippen LogP contribution is -2.29. The lowest BCUT2D eigenvalue weighted by Gasteiger charge is -2.25. The Hall–Kier alpha value is -2.21. The van der Waals surface area contributed by atoms with Crippen molar-refractivity contribution in [1.82, 2.24) is 15.6 Å². The van der Waals surface area contributed by atoms with E-state index in [0.29, 0.717) is 17.6 Å². The second-order valence-electron chi connectivity index (χ2n) is 6.83. The molecule has 0 spiro atoms. The summed E-state index contributed by atoms with van der Waals surface area (Å²) in [6.45, 7) is 2.15. The highest BCUT2D eigenvalue weighted by atomic mass is 32.1. The van der Waals surface area contributed by atoms with Crippen molar-refractivity contribution in [2.24, 2.45) is 10.9 Å². The quantitative estimate of drug-likeness (QED) is 0.826. The van der Waals surface area contributed by atoms with Crippen LogP contribution in [0, 0.1) is 5.92 Å². The molecule has 1 saturated heterocycles. The van der Waals surface area contributed by atoms with Crippen LogP contribution in [0.15, 0.2) is 34.4 Å². The molecule has 130 valence electrons. The third kappa shape index (κ3) is 3.58. The molecule has 2 aromatic rings. The summed E-state index contributed by atoms with van der Waals surface area (Å²) in [4.78, 5) is 21.2. The molecule has 1 saturated carbocycles. The summed E-state index contributed by atoms with van der Waals surface area (Å²) in [6, 6.07) is 6.24. The van der Waals surface area contributed by atoms with Gasteiger partial charge < -0.3 is 5.32 Å². The van der Waals surface area contributed by atoms with Crippen LogP contribution in [-0.4, -0.2) is 22.9 Å². The number of carbonyl (C=O) groups is 1. The van der Waals surface area contributed by atoms with Crippen molar-refractivity contribution in [2.75, 3.05) is 0 Å². The smallest absolute Gasteiger partial charge is 0.274 e. The predicted molar refractivity (Wildman–Crippen MR) is 102 cm³/mol.